The van der Waals surface area contributed by atoms with E-state index in [0.29, 0.717) is 25.3 Å². The fourth-order valence-electron chi connectivity index (χ4n) is 3.55. The van der Waals surface area contributed by atoms with Crippen LogP contribution in [0.3, 0.4) is 0 Å². The van der Waals surface area contributed by atoms with Crippen molar-refractivity contribution >= 4 is 11.8 Å². The van der Waals surface area contributed by atoms with Gasteiger partial charge in [-0.1, -0.05) is 26.2 Å². The van der Waals surface area contributed by atoms with Gasteiger partial charge >= 0.3 is 0 Å². The number of hydrogen-bond donors (Lipinski definition) is 1. The van der Waals surface area contributed by atoms with Crippen LogP contribution in [0.1, 0.15) is 58.8 Å². The molecule has 0 aromatic heterocycles. The lowest BCUT2D eigenvalue weighted by molar-refractivity contribution is -0.151. The van der Waals surface area contributed by atoms with Gasteiger partial charge in [0.25, 0.3) is 0 Å². The smallest absolute Gasteiger partial charge is 0.246 e. The molecule has 1 aliphatic heterocycles. The van der Waals surface area contributed by atoms with Crippen LogP contribution in [0.25, 0.3) is 0 Å². The Labute approximate surface area is 127 Å². The summed E-state index contributed by atoms with van der Waals surface area (Å²) in [7, 11) is 0. The van der Waals surface area contributed by atoms with Gasteiger partial charge in [0.1, 0.15) is 12.1 Å². The number of hydrogen-bond acceptors (Lipinski definition) is 2. The molecule has 4 nitrogen and oxygen atoms in total. The Hall–Kier alpha value is -1.50. The first-order chi connectivity index (χ1) is 10.2. The van der Waals surface area contributed by atoms with Gasteiger partial charge in [-0.15, -0.1) is 11.8 Å². The highest BCUT2D eigenvalue weighted by Crippen LogP contribution is 2.29. The minimum absolute atomic E-state index is 0.0112. The molecule has 2 unspecified atom stereocenters. The molecule has 0 bridgehead atoms. The van der Waals surface area contributed by atoms with Gasteiger partial charge in [-0.2, -0.15) is 0 Å². The lowest BCUT2D eigenvalue weighted by atomic mass is 9.82. The number of nitrogens with zero attached hydrogens (tertiary/aromatic N) is 1. The topological polar surface area (TPSA) is 49.4 Å². The highest BCUT2D eigenvalue weighted by Gasteiger charge is 2.42. The van der Waals surface area contributed by atoms with E-state index in [9.17, 15) is 9.59 Å². The second-order valence-corrected chi connectivity index (χ2v) is 6.02. The summed E-state index contributed by atoms with van der Waals surface area (Å²) in [6.07, 6.45) is 6.99. The van der Waals surface area contributed by atoms with Gasteiger partial charge in [-0.25, -0.2) is 0 Å². The van der Waals surface area contributed by atoms with Gasteiger partial charge in [0, 0.05) is 13.0 Å². The number of carbonyl (C=O) groups excluding carboxylic acids is 2. The molecular weight excluding hydrogens is 264 g/mol. The summed E-state index contributed by atoms with van der Waals surface area (Å²) in [6, 6.07) is -0.633. The number of rotatable bonds is 4. The summed E-state index contributed by atoms with van der Waals surface area (Å²) in [5.74, 6) is 6.27. The standard InChI is InChI=1S/C17H26N2O2/c1-3-5-9-12-19-14(4-2)16(20)18-15(17(19)21)13-10-7-6-8-11-13/h13-15H,4,6-12H2,1-2H3,(H,18,20). The molecule has 21 heavy (non-hydrogen) atoms. The Morgan fingerprint density at radius 2 is 1.95 bits per heavy atom. The molecule has 0 radical (unpaired) electrons. The first-order valence-corrected chi connectivity index (χ1v) is 8.19. The number of piperazine rings is 1. The zero-order valence-electron chi connectivity index (χ0n) is 13.2. The predicted molar refractivity (Wildman–Crippen MR) is 82.4 cm³/mol. The van der Waals surface area contributed by atoms with Gasteiger partial charge in [-0.3, -0.25) is 9.59 Å². The van der Waals surface area contributed by atoms with Crippen LogP contribution in [0.15, 0.2) is 0 Å². The quantitative estimate of drug-likeness (QED) is 0.806. The highest BCUT2D eigenvalue weighted by molar-refractivity contribution is 5.97. The number of carbonyl (C=O) groups is 2. The molecule has 0 aromatic rings. The van der Waals surface area contributed by atoms with Gasteiger partial charge in [0.2, 0.25) is 11.8 Å². The molecule has 2 amide bonds. The average Bonchev–Trinajstić information content (AvgIpc) is 2.51. The first kappa shape index (κ1) is 15.9. The molecule has 2 aliphatic rings. The summed E-state index contributed by atoms with van der Waals surface area (Å²) in [4.78, 5) is 26.9. The van der Waals surface area contributed by atoms with Crippen LogP contribution in [0.4, 0.5) is 0 Å². The van der Waals surface area contributed by atoms with Crippen LogP contribution in [0.5, 0.6) is 0 Å². The van der Waals surface area contributed by atoms with Crippen LogP contribution < -0.4 is 5.32 Å². The van der Waals surface area contributed by atoms with Crippen LogP contribution in [0.2, 0.25) is 0 Å². The zero-order valence-corrected chi connectivity index (χ0v) is 13.2. The van der Waals surface area contributed by atoms with Crippen molar-refractivity contribution in [2.24, 2.45) is 5.92 Å². The number of nitrogens with one attached hydrogen (secondary N) is 1. The summed E-state index contributed by atoms with van der Waals surface area (Å²) >= 11 is 0. The van der Waals surface area contributed by atoms with Crippen molar-refractivity contribution in [3.05, 3.63) is 0 Å². The monoisotopic (exact) mass is 290 g/mol. The lowest BCUT2D eigenvalue weighted by Crippen LogP contribution is -2.65. The van der Waals surface area contributed by atoms with E-state index in [1.165, 1.54) is 19.3 Å². The van der Waals surface area contributed by atoms with Crippen molar-refractivity contribution in [2.45, 2.75) is 70.9 Å². The Balaban J connectivity index is 2.11. The normalized spacial score (nSPS) is 27.0. The van der Waals surface area contributed by atoms with E-state index < -0.39 is 0 Å². The maximum Gasteiger partial charge on any atom is 0.246 e. The van der Waals surface area contributed by atoms with Crippen LogP contribution >= 0.6 is 0 Å². The Morgan fingerprint density at radius 1 is 1.24 bits per heavy atom. The van der Waals surface area contributed by atoms with Crippen molar-refractivity contribution in [3.63, 3.8) is 0 Å². The molecule has 0 aromatic carbocycles. The molecule has 4 heteroatoms. The fraction of sp³-hybridized carbons (Fsp3) is 0.765. The van der Waals surface area contributed by atoms with Gasteiger partial charge in [0.05, 0.1) is 0 Å². The van der Waals surface area contributed by atoms with Gasteiger partial charge in [-0.05, 0) is 32.1 Å². The molecule has 2 fully saturated rings. The predicted octanol–water partition coefficient (Wildman–Crippen LogP) is 2.09. The van der Waals surface area contributed by atoms with E-state index in [1.807, 2.05) is 6.92 Å². The Kier molecular flexibility index (Phi) is 5.67. The van der Waals surface area contributed by atoms with Crippen LogP contribution in [0, 0.1) is 17.8 Å². The first-order valence-electron chi connectivity index (χ1n) is 8.19. The van der Waals surface area contributed by atoms with Crippen LogP contribution in [-0.2, 0) is 9.59 Å². The van der Waals surface area contributed by atoms with Crippen molar-refractivity contribution in [1.82, 2.24) is 10.2 Å². The van der Waals surface area contributed by atoms with E-state index in [-0.39, 0.29) is 23.9 Å². The van der Waals surface area contributed by atoms with E-state index >= 15 is 0 Å². The zero-order chi connectivity index (χ0) is 15.2. The molecule has 0 spiro atoms. The second-order valence-electron chi connectivity index (χ2n) is 6.02. The molecular formula is C17H26N2O2. The second kappa shape index (κ2) is 7.49. The third-order valence-electron chi connectivity index (χ3n) is 4.69. The minimum atomic E-state index is -0.323. The maximum atomic E-state index is 12.8. The fourth-order valence-corrected chi connectivity index (χ4v) is 3.55. The summed E-state index contributed by atoms with van der Waals surface area (Å²) < 4.78 is 0. The summed E-state index contributed by atoms with van der Waals surface area (Å²) in [5, 5.41) is 2.99. The molecule has 1 saturated carbocycles. The molecule has 1 N–H and O–H groups in total. The maximum absolute atomic E-state index is 12.8. The van der Waals surface area contributed by atoms with Crippen molar-refractivity contribution in [1.29, 1.82) is 0 Å². The highest BCUT2D eigenvalue weighted by atomic mass is 16.2. The molecule has 1 aliphatic carbocycles. The van der Waals surface area contributed by atoms with Gasteiger partial charge < -0.3 is 10.2 Å². The van der Waals surface area contributed by atoms with Gasteiger partial charge in [0.15, 0.2) is 0 Å². The van der Waals surface area contributed by atoms with Crippen molar-refractivity contribution in [3.8, 4) is 11.8 Å². The molecule has 116 valence electrons. The minimum Gasteiger partial charge on any atom is -0.342 e. The Bertz CT molecular complexity index is 443. The average molecular weight is 290 g/mol. The largest absolute Gasteiger partial charge is 0.342 e. The van der Waals surface area contributed by atoms with E-state index in [0.717, 1.165) is 12.8 Å². The molecule has 2 atom stereocenters. The third kappa shape index (κ3) is 3.58. The summed E-state index contributed by atoms with van der Waals surface area (Å²) in [6.45, 7) is 4.32. The van der Waals surface area contributed by atoms with E-state index in [2.05, 4.69) is 17.2 Å². The molecule has 1 saturated heterocycles. The van der Waals surface area contributed by atoms with Crippen LogP contribution in [-0.4, -0.2) is 35.3 Å². The molecule has 1 heterocycles. The summed E-state index contributed by atoms with van der Waals surface area (Å²) in [5.41, 5.74) is 0. The SMILES string of the molecule is CC#CCCN1C(=O)C(C2CCCCC2)NC(=O)C1CC. The Morgan fingerprint density at radius 3 is 2.57 bits per heavy atom. The lowest BCUT2D eigenvalue weighted by Gasteiger charge is -2.42. The van der Waals surface area contributed by atoms with Crippen molar-refractivity contribution < 1.29 is 9.59 Å². The molecule has 2 rings (SSSR count). The van der Waals surface area contributed by atoms with E-state index in [4.69, 9.17) is 0 Å². The number of amides is 2. The van der Waals surface area contributed by atoms with E-state index in [1.54, 1.807) is 11.8 Å². The van der Waals surface area contributed by atoms with Crippen molar-refractivity contribution in [2.75, 3.05) is 6.54 Å². The third-order valence-corrected chi connectivity index (χ3v) is 4.69.